The minimum atomic E-state index is -1.02. The standard InChI is InChI=1S/C16H19N3O3S/c1-23-7-6-14(16(21)22)19-15(20)9-12-4-2-10-8-11(17)3-5-13(10)18-12/h2-5,8,14H,6-7,9,17H2,1H3,(H,19,20)(H,21,22). The topological polar surface area (TPSA) is 105 Å². The van der Waals surface area contributed by atoms with Gasteiger partial charge in [-0.2, -0.15) is 11.8 Å². The number of rotatable bonds is 7. The lowest BCUT2D eigenvalue weighted by Gasteiger charge is -2.13. The first kappa shape index (κ1) is 17.1. The molecule has 4 N–H and O–H groups in total. The van der Waals surface area contributed by atoms with Crippen molar-refractivity contribution < 1.29 is 14.7 Å². The first-order chi connectivity index (χ1) is 11.0. The van der Waals surface area contributed by atoms with E-state index in [-0.39, 0.29) is 12.3 Å². The Morgan fingerprint density at radius 3 is 2.83 bits per heavy atom. The van der Waals surface area contributed by atoms with Gasteiger partial charge >= 0.3 is 5.97 Å². The summed E-state index contributed by atoms with van der Waals surface area (Å²) in [5.41, 5.74) is 7.71. The second kappa shape index (κ2) is 7.82. The number of fused-ring (bicyclic) bond motifs is 1. The van der Waals surface area contributed by atoms with Crippen molar-refractivity contribution in [2.45, 2.75) is 18.9 Å². The number of amides is 1. The molecule has 2 rings (SSSR count). The Bertz CT molecular complexity index is 721. The maximum atomic E-state index is 12.0. The number of hydrogen-bond acceptors (Lipinski definition) is 5. The molecule has 1 aromatic carbocycles. The lowest BCUT2D eigenvalue weighted by molar-refractivity contribution is -0.141. The molecule has 0 aliphatic carbocycles. The van der Waals surface area contributed by atoms with E-state index < -0.39 is 12.0 Å². The highest BCUT2D eigenvalue weighted by Crippen LogP contribution is 2.16. The van der Waals surface area contributed by atoms with Gasteiger partial charge in [-0.05, 0) is 42.7 Å². The molecule has 0 saturated heterocycles. The number of thioether (sulfide) groups is 1. The number of hydrogen-bond donors (Lipinski definition) is 3. The Hall–Kier alpha value is -2.28. The lowest BCUT2D eigenvalue weighted by Crippen LogP contribution is -2.42. The third kappa shape index (κ3) is 4.85. The van der Waals surface area contributed by atoms with E-state index in [0.29, 0.717) is 23.6 Å². The van der Waals surface area contributed by atoms with Gasteiger partial charge in [-0.15, -0.1) is 0 Å². The van der Waals surface area contributed by atoms with Crippen molar-refractivity contribution in [2.24, 2.45) is 0 Å². The van der Waals surface area contributed by atoms with E-state index in [1.165, 1.54) is 0 Å². The van der Waals surface area contributed by atoms with E-state index >= 15 is 0 Å². The Labute approximate surface area is 138 Å². The maximum Gasteiger partial charge on any atom is 0.326 e. The minimum absolute atomic E-state index is 0.0450. The summed E-state index contributed by atoms with van der Waals surface area (Å²) in [6, 6.07) is 8.10. The van der Waals surface area contributed by atoms with Gasteiger partial charge in [0.05, 0.1) is 17.6 Å². The van der Waals surface area contributed by atoms with E-state index in [4.69, 9.17) is 10.8 Å². The lowest BCUT2D eigenvalue weighted by atomic mass is 10.1. The van der Waals surface area contributed by atoms with E-state index in [1.807, 2.05) is 18.4 Å². The van der Waals surface area contributed by atoms with Crippen LogP contribution in [0, 0.1) is 0 Å². The van der Waals surface area contributed by atoms with Gasteiger partial charge in [-0.1, -0.05) is 6.07 Å². The van der Waals surface area contributed by atoms with Crippen LogP contribution in [0.4, 0.5) is 5.69 Å². The fourth-order valence-electron chi connectivity index (χ4n) is 2.19. The molecule has 23 heavy (non-hydrogen) atoms. The quantitative estimate of drug-likeness (QED) is 0.666. The molecule has 1 heterocycles. The number of pyridine rings is 1. The fraction of sp³-hybridized carbons (Fsp3) is 0.312. The Morgan fingerprint density at radius 1 is 1.35 bits per heavy atom. The van der Waals surface area contributed by atoms with E-state index in [1.54, 1.807) is 30.0 Å². The molecule has 1 amide bonds. The third-order valence-corrected chi connectivity index (χ3v) is 4.00. The fourth-order valence-corrected chi connectivity index (χ4v) is 2.66. The Kier molecular flexibility index (Phi) is 5.81. The molecule has 0 fully saturated rings. The molecule has 7 heteroatoms. The van der Waals surface area contributed by atoms with E-state index in [9.17, 15) is 9.59 Å². The van der Waals surface area contributed by atoms with Crippen LogP contribution >= 0.6 is 11.8 Å². The summed E-state index contributed by atoms with van der Waals surface area (Å²) in [7, 11) is 0. The molecular formula is C16H19N3O3S. The first-order valence-corrected chi connectivity index (χ1v) is 8.55. The molecule has 0 aliphatic heterocycles. The monoisotopic (exact) mass is 333 g/mol. The highest BCUT2D eigenvalue weighted by atomic mass is 32.2. The highest BCUT2D eigenvalue weighted by molar-refractivity contribution is 7.98. The van der Waals surface area contributed by atoms with Crippen molar-refractivity contribution in [3.05, 3.63) is 36.0 Å². The van der Waals surface area contributed by atoms with Crippen LogP contribution in [0.5, 0.6) is 0 Å². The number of carbonyl (C=O) groups excluding carboxylic acids is 1. The van der Waals surface area contributed by atoms with Gasteiger partial charge in [0.15, 0.2) is 0 Å². The predicted molar refractivity (Wildman–Crippen MR) is 92.4 cm³/mol. The second-order valence-corrected chi connectivity index (χ2v) is 6.16. The number of nitrogens with zero attached hydrogens (tertiary/aromatic N) is 1. The van der Waals surface area contributed by atoms with Crippen molar-refractivity contribution in [3.8, 4) is 0 Å². The van der Waals surface area contributed by atoms with Gasteiger partial charge in [0.25, 0.3) is 0 Å². The predicted octanol–water partition coefficient (Wildman–Crippen LogP) is 1.68. The number of nitrogens with two attached hydrogens (primary N) is 1. The largest absolute Gasteiger partial charge is 0.480 e. The van der Waals surface area contributed by atoms with E-state index in [0.717, 1.165) is 10.9 Å². The number of benzene rings is 1. The Morgan fingerprint density at radius 2 is 2.13 bits per heavy atom. The average Bonchev–Trinajstić information content (AvgIpc) is 2.51. The van der Waals surface area contributed by atoms with Crippen LogP contribution < -0.4 is 11.1 Å². The van der Waals surface area contributed by atoms with E-state index in [2.05, 4.69) is 10.3 Å². The molecular weight excluding hydrogens is 314 g/mol. The molecule has 1 unspecified atom stereocenters. The molecule has 1 aromatic heterocycles. The molecule has 0 aliphatic rings. The van der Waals surface area contributed by atoms with Crippen molar-refractivity contribution in [1.29, 1.82) is 0 Å². The number of carboxylic acids is 1. The number of carbonyl (C=O) groups is 2. The van der Waals surface area contributed by atoms with Crippen LogP contribution in [0.1, 0.15) is 12.1 Å². The molecule has 0 radical (unpaired) electrons. The van der Waals surface area contributed by atoms with Crippen LogP contribution in [0.3, 0.4) is 0 Å². The number of aromatic nitrogens is 1. The van der Waals surface area contributed by atoms with Crippen molar-refractivity contribution >= 4 is 40.2 Å². The number of anilines is 1. The zero-order valence-electron chi connectivity index (χ0n) is 12.8. The number of carboxylic acid groups (broad SMARTS) is 1. The summed E-state index contributed by atoms with van der Waals surface area (Å²) in [5.74, 6) is -0.692. The van der Waals surface area contributed by atoms with Gasteiger partial charge in [-0.25, -0.2) is 4.79 Å². The van der Waals surface area contributed by atoms with Crippen molar-refractivity contribution in [1.82, 2.24) is 10.3 Å². The van der Waals surface area contributed by atoms with Gasteiger partial charge < -0.3 is 16.2 Å². The zero-order valence-corrected chi connectivity index (χ0v) is 13.6. The average molecular weight is 333 g/mol. The normalized spacial score (nSPS) is 12.0. The van der Waals surface area contributed by atoms with Gasteiger partial charge in [0.2, 0.25) is 5.91 Å². The smallest absolute Gasteiger partial charge is 0.326 e. The van der Waals surface area contributed by atoms with Crippen LogP contribution in [0.15, 0.2) is 30.3 Å². The number of aliphatic carboxylic acids is 1. The molecule has 122 valence electrons. The molecule has 0 bridgehead atoms. The van der Waals surface area contributed by atoms with Crippen LogP contribution in [-0.2, 0) is 16.0 Å². The first-order valence-electron chi connectivity index (χ1n) is 7.16. The molecule has 2 aromatic rings. The minimum Gasteiger partial charge on any atom is -0.480 e. The Balaban J connectivity index is 2.04. The number of nitrogens with one attached hydrogen (secondary N) is 1. The SMILES string of the molecule is CSCCC(NC(=O)Cc1ccc2cc(N)ccc2n1)C(=O)O. The van der Waals surface area contributed by atoms with Crippen LogP contribution in [0.2, 0.25) is 0 Å². The van der Waals surface area contributed by atoms with Gasteiger partial charge in [0.1, 0.15) is 6.04 Å². The molecule has 0 saturated carbocycles. The summed E-state index contributed by atoms with van der Waals surface area (Å²) in [6.45, 7) is 0. The number of nitrogen functional groups attached to an aromatic ring is 1. The molecule has 6 nitrogen and oxygen atoms in total. The summed E-state index contributed by atoms with van der Waals surface area (Å²) in [4.78, 5) is 27.6. The summed E-state index contributed by atoms with van der Waals surface area (Å²) in [6.07, 6.45) is 2.34. The van der Waals surface area contributed by atoms with Crippen LogP contribution in [-0.4, -0.2) is 40.0 Å². The summed E-state index contributed by atoms with van der Waals surface area (Å²) in [5, 5.41) is 12.6. The van der Waals surface area contributed by atoms with Crippen LogP contribution in [0.25, 0.3) is 10.9 Å². The van der Waals surface area contributed by atoms with Crippen molar-refractivity contribution in [3.63, 3.8) is 0 Å². The van der Waals surface area contributed by atoms with Gasteiger partial charge in [0, 0.05) is 11.1 Å². The molecule has 0 spiro atoms. The zero-order chi connectivity index (χ0) is 16.8. The van der Waals surface area contributed by atoms with Gasteiger partial charge in [-0.3, -0.25) is 9.78 Å². The summed E-state index contributed by atoms with van der Waals surface area (Å²) < 4.78 is 0. The molecule has 1 atom stereocenters. The van der Waals surface area contributed by atoms with Crippen molar-refractivity contribution in [2.75, 3.05) is 17.7 Å². The summed E-state index contributed by atoms with van der Waals surface area (Å²) >= 11 is 1.54. The second-order valence-electron chi connectivity index (χ2n) is 5.17. The highest BCUT2D eigenvalue weighted by Gasteiger charge is 2.19. The maximum absolute atomic E-state index is 12.0. The third-order valence-electron chi connectivity index (χ3n) is 3.36.